The molecule has 0 heterocycles. The fourth-order valence-electron chi connectivity index (χ4n) is 1.95. The van der Waals surface area contributed by atoms with Gasteiger partial charge < -0.3 is 21.5 Å². The molecule has 20 heavy (non-hydrogen) atoms. The standard InChI is InChI=1S/C14H21N3O3/c1-9-5-10(2)7-11(6-9)17-13(18)8-12(14(19)20)16-4-3-15/h5-7,12,16H,3-4,8,15H2,1-2H3,(H,17,18)(H,19,20). The van der Waals surface area contributed by atoms with Crippen molar-refractivity contribution in [2.75, 3.05) is 18.4 Å². The lowest BCUT2D eigenvalue weighted by atomic mass is 10.1. The van der Waals surface area contributed by atoms with E-state index in [1.807, 2.05) is 32.0 Å². The molecule has 0 aliphatic carbocycles. The summed E-state index contributed by atoms with van der Waals surface area (Å²) in [7, 11) is 0. The van der Waals surface area contributed by atoms with Crippen molar-refractivity contribution in [2.24, 2.45) is 5.73 Å². The SMILES string of the molecule is Cc1cc(C)cc(NC(=O)CC(NCCN)C(=O)O)c1. The number of hydrogen-bond acceptors (Lipinski definition) is 4. The predicted octanol–water partition coefficient (Wildman–Crippen LogP) is 0.634. The van der Waals surface area contributed by atoms with Crippen LogP contribution in [0.15, 0.2) is 18.2 Å². The minimum absolute atomic E-state index is 0.137. The van der Waals surface area contributed by atoms with Crippen molar-refractivity contribution in [3.05, 3.63) is 29.3 Å². The molecule has 0 aliphatic heterocycles. The van der Waals surface area contributed by atoms with Gasteiger partial charge in [-0.1, -0.05) is 6.07 Å². The van der Waals surface area contributed by atoms with Crippen molar-refractivity contribution in [1.82, 2.24) is 5.32 Å². The minimum atomic E-state index is -1.06. The van der Waals surface area contributed by atoms with E-state index < -0.39 is 12.0 Å². The Bertz CT molecular complexity index is 468. The maximum Gasteiger partial charge on any atom is 0.321 e. The first-order valence-electron chi connectivity index (χ1n) is 6.46. The summed E-state index contributed by atoms with van der Waals surface area (Å²) in [6.07, 6.45) is -0.137. The van der Waals surface area contributed by atoms with Gasteiger partial charge in [-0.2, -0.15) is 0 Å². The Morgan fingerprint density at radius 1 is 1.25 bits per heavy atom. The number of carboxylic acids is 1. The van der Waals surface area contributed by atoms with Crippen LogP contribution in [-0.4, -0.2) is 36.1 Å². The molecule has 1 atom stereocenters. The zero-order chi connectivity index (χ0) is 15.1. The number of carboxylic acid groups (broad SMARTS) is 1. The van der Waals surface area contributed by atoms with Gasteiger partial charge in [0.1, 0.15) is 6.04 Å². The first-order chi connectivity index (χ1) is 9.42. The maximum atomic E-state index is 11.9. The molecule has 0 fully saturated rings. The molecule has 0 saturated heterocycles. The molecule has 1 rings (SSSR count). The number of anilines is 1. The first-order valence-corrected chi connectivity index (χ1v) is 6.46. The molecule has 0 radical (unpaired) electrons. The highest BCUT2D eigenvalue weighted by molar-refractivity contribution is 5.94. The van der Waals surface area contributed by atoms with E-state index in [-0.39, 0.29) is 12.3 Å². The van der Waals surface area contributed by atoms with Gasteiger partial charge in [-0.05, 0) is 37.1 Å². The lowest BCUT2D eigenvalue weighted by Gasteiger charge is -2.14. The predicted molar refractivity (Wildman–Crippen MR) is 77.6 cm³/mol. The molecule has 0 spiro atoms. The highest BCUT2D eigenvalue weighted by Crippen LogP contribution is 2.14. The normalized spacial score (nSPS) is 11.9. The van der Waals surface area contributed by atoms with Gasteiger partial charge >= 0.3 is 5.97 Å². The van der Waals surface area contributed by atoms with E-state index in [2.05, 4.69) is 10.6 Å². The van der Waals surface area contributed by atoms with Crippen molar-refractivity contribution >= 4 is 17.6 Å². The Labute approximate surface area is 118 Å². The van der Waals surface area contributed by atoms with Gasteiger partial charge in [0.25, 0.3) is 0 Å². The van der Waals surface area contributed by atoms with E-state index in [0.29, 0.717) is 18.8 Å². The molecule has 1 aromatic carbocycles. The van der Waals surface area contributed by atoms with Gasteiger partial charge in [-0.3, -0.25) is 9.59 Å². The second-order valence-electron chi connectivity index (χ2n) is 4.76. The van der Waals surface area contributed by atoms with Crippen LogP contribution >= 0.6 is 0 Å². The highest BCUT2D eigenvalue weighted by Gasteiger charge is 2.20. The third-order valence-corrected chi connectivity index (χ3v) is 2.73. The van der Waals surface area contributed by atoms with Crippen molar-refractivity contribution in [1.29, 1.82) is 0 Å². The van der Waals surface area contributed by atoms with Crippen LogP contribution in [0.4, 0.5) is 5.69 Å². The molecular weight excluding hydrogens is 258 g/mol. The largest absolute Gasteiger partial charge is 0.480 e. The van der Waals surface area contributed by atoms with E-state index in [1.165, 1.54) is 0 Å². The number of aryl methyl sites for hydroxylation is 2. The lowest BCUT2D eigenvalue weighted by molar-refractivity contribution is -0.141. The zero-order valence-electron chi connectivity index (χ0n) is 11.8. The average Bonchev–Trinajstić information content (AvgIpc) is 2.32. The molecule has 110 valence electrons. The number of nitrogens with one attached hydrogen (secondary N) is 2. The zero-order valence-corrected chi connectivity index (χ0v) is 11.8. The lowest BCUT2D eigenvalue weighted by Crippen LogP contribution is -2.41. The van der Waals surface area contributed by atoms with Crippen LogP contribution in [0.5, 0.6) is 0 Å². The molecular formula is C14H21N3O3. The molecule has 6 nitrogen and oxygen atoms in total. The Balaban J connectivity index is 2.63. The molecule has 6 heteroatoms. The number of nitrogens with two attached hydrogens (primary N) is 1. The third-order valence-electron chi connectivity index (χ3n) is 2.73. The van der Waals surface area contributed by atoms with Crippen molar-refractivity contribution < 1.29 is 14.7 Å². The second kappa shape index (κ2) is 7.62. The van der Waals surface area contributed by atoms with Crippen LogP contribution < -0.4 is 16.4 Å². The highest BCUT2D eigenvalue weighted by atomic mass is 16.4. The Kier molecular flexibility index (Phi) is 6.14. The van der Waals surface area contributed by atoms with Gasteiger partial charge in [-0.15, -0.1) is 0 Å². The summed E-state index contributed by atoms with van der Waals surface area (Å²) in [4.78, 5) is 22.9. The monoisotopic (exact) mass is 279 g/mol. The van der Waals surface area contributed by atoms with Crippen LogP contribution in [0.2, 0.25) is 0 Å². The summed E-state index contributed by atoms with van der Waals surface area (Å²) in [5, 5.41) is 14.5. The van der Waals surface area contributed by atoms with Crippen molar-refractivity contribution in [2.45, 2.75) is 26.3 Å². The second-order valence-corrected chi connectivity index (χ2v) is 4.76. The molecule has 1 unspecified atom stereocenters. The topological polar surface area (TPSA) is 104 Å². The van der Waals surface area contributed by atoms with Crippen LogP contribution in [0.3, 0.4) is 0 Å². The molecule has 0 aromatic heterocycles. The summed E-state index contributed by atoms with van der Waals surface area (Å²) in [5.41, 5.74) is 8.06. The Morgan fingerprint density at radius 3 is 2.35 bits per heavy atom. The number of benzene rings is 1. The molecule has 1 amide bonds. The Morgan fingerprint density at radius 2 is 1.85 bits per heavy atom. The summed E-state index contributed by atoms with van der Waals surface area (Å²) in [6.45, 7) is 4.55. The Hall–Kier alpha value is -1.92. The van der Waals surface area contributed by atoms with Crippen molar-refractivity contribution in [3.63, 3.8) is 0 Å². The van der Waals surface area contributed by atoms with Gasteiger partial charge in [0.2, 0.25) is 5.91 Å². The molecule has 0 bridgehead atoms. The maximum absolute atomic E-state index is 11.9. The molecule has 0 saturated carbocycles. The summed E-state index contributed by atoms with van der Waals surface area (Å²) in [6, 6.07) is 4.75. The van der Waals surface area contributed by atoms with E-state index in [0.717, 1.165) is 11.1 Å². The van der Waals surface area contributed by atoms with Gasteiger partial charge in [0, 0.05) is 18.8 Å². The fraction of sp³-hybridized carbons (Fsp3) is 0.429. The summed E-state index contributed by atoms with van der Waals surface area (Å²) in [5.74, 6) is -1.40. The van der Waals surface area contributed by atoms with Crippen LogP contribution in [0.25, 0.3) is 0 Å². The van der Waals surface area contributed by atoms with E-state index in [1.54, 1.807) is 0 Å². The molecule has 1 aromatic rings. The van der Waals surface area contributed by atoms with Gasteiger partial charge in [0.05, 0.1) is 6.42 Å². The summed E-state index contributed by atoms with van der Waals surface area (Å²) >= 11 is 0. The van der Waals surface area contributed by atoms with Crippen molar-refractivity contribution in [3.8, 4) is 0 Å². The van der Waals surface area contributed by atoms with Gasteiger partial charge in [-0.25, -0.2) is 0 Å². The number of amides is 1. The number of hydrogen-bond donors (Lipinski definition) is 4. The summed E-state index contributed by atoms with van der Waals surface area (Å²) < 4.78 is 0. The van der Waals surface area contributed by atoms with Crippen LogP contribution in [-0.2, 0) is 9.59 Å². The third kappa shape index (κ3) is 5.38. The first kappa shape index (κ1) is 16.1. The smallest absolute Gasteiger partial charge is 0.321 e. The van der Waals surface area contributed by atoms with E-state index in [4.69, 9.17) is 10.8 Å². The number of carbonyl (C=O) groups is 2. The minimum Gasteiger partial charge on any atom is -0.480 e. The molecule has 0 aliphatic rings. The number of carbonyl (C=O) groups excluding carboxylic acids is 1. The van der Waals surface area contributed by atoms with E-state index >= 15 is 0 Å². The molecule has 5 N–H and O–H groups in total. The fourth-order valence-corrected chi connectivity index (χ4v) is 1.95. The quantitative estimate of drug-likeness (QED) is 0.586. The van der Waals surface area contributed by atoms with Crippen LogP contribution in [0, 0.1) is 13.8 Å². The van der Waals surface area contributed by atoms with E-state index in [9.17, 15) is 9.59 Å². The number of rotatable bonds is 7. The van der Waals surface area contributed by atoms with Gasteiger partial charge in [0.15, 0.2) is 0 Å². The average molecular weight is 279 g/mol. The van der Waals surface area contributed by atoms with Crippen LogP contribution in [0.1, 0.15) is 17.5 Å². The number of aliphatic carboxylic acids is 1.